The van der Waals surface area contributed by atoms with E-state index in [1.165, 1.54) is 148 Å². The molecule has 0 saturated carbocycles. The molecule has 0 aromatic rings. The van der Waals surface area contributed by atoms with E-state index < -0.39 is 28.5 Å². The third-order valence-corrected chi connectivity index (χ3v) is 11.2. The fourth-order valence-corrected chi connectivity index (χ4v) is 7.11. The molecule has 1 N–H and O–H groups in total. The number of unbranched alkanes of at least 4 members (excludes halogenated alkanes) is 28. The van der Waals surface area contributed by atoms with Gasteiger partial charge in [0.25, 0.3) is 0 Å². The molecule has 0 heterocycles. The fourth-order valence-electron chi connectivity index (χ4n) is 6.72. The third-order valence-electron chi connectivity index (χ3n) is 10.4. The number of aliphatic hydroxyl groups is 1. The SMILES string of the molecule is CCCCCCCCCCCCCCCCCC(=O)C(C)(C(=O)CCCCCCCCCCCCCCCCC)C(O)COS(=O)(=O)OC. The Morgan fingerprint density at radius 1 is 0.510 bits per heavy atom. The van der Waals surface area contributed by atoms with Gasteiger partial charge in [0, 0.05) is 12.8 Å². The van der Waals surface area contributed by atoms with Gasteiger partial charge in [0.1, 0.15) is 17.0 Å². The van der Waals surface area contributed by atoms with Gasteiger partial charge >= 0.3 is 10.4 Å². The highest BCUT2D eigenvalue weighted by molar-refractivity contribution is 7.81. The molecule has 0 aromatic heterocycles. The van der Waals surface area contributed by atoms with Crippen molar-refractivity contribution < 1.29 is 31.5 Å². The van der Waals surface area contributed by atoms with Crippen LogP contribution in [0.3, 0.4) is 0 Å². The summed E-state index contributed by atoms with van der Waals surface area (Å²) in [7, 11) is -3.33. The molecule has 0 aromatic carbocycles. The molecule has 0 radical (unpaired) electrons. The number of carbonyl (C=O) groups is 2. The molecule has 49 heavy (non-hydrogen) atoms. The van der Waals surface area contributed by atoms with Gasteiger partial charge in [0.05, 0.1) is 19.8 Å². The summed E-state index contributed by atoms with van der Waals surface area (Å²) in [6, 6.07) is 0. The second-order valence-electron chi connectivity index (χ2n) is 14.8. The molecular formula is C41H80O7S. The van der Waals surface area contributed by atoms with Gasteiger partial charge in [-0.15, -0.1) is 0 Å². The number of hydrogen-bond donors (Lipinski definition) is 1. The minimum atomic E-state index is -4.30. The maximum absolute atomic E-state index is 13.4. The summed E-state index contributed by atoms with van der Waals surface area (Å²) in [4.78, 5) is 26.8. The maximum atomic E-state index is 13.4. The van der Waals surface area contributed by atoms with Crippen LogP contribution in [0.4, 0.5) is 0 Å². The Labute approximate surface area is 304 Å². The summed E-state index contributed by atoms with van der Waals surface area (Å²) in [5.74, 6) is -0.668. The molecular weight excluding hydrogens is 637 g/mol. The molecule has 1 unspecified atom stereocenters. The molecule has 0 aliphatic carbocycles. The van der Waals surface area contributed by atoms with Crippen molar-refractivity contribution in [2.24, 2.45) is 5.41 Å². The van der Waals surface area contributed by atoms with Crippen molar-refractivity contribution in [1.29, 1.82) is 0 Å². The molecule has 0 saturated heterocycles. The normalized spacial score (nSPS) is 12.8. The number of rotatable bonds is 39. The van der Waals surface area contributed by atoms with Gasteiger partial charge in [-0.2, -0.15) is 8.42 Å². The van der Waals surface area contributed by atoms with E-state index in [0.29, 0.717) is 12.8 Å². The molecule has 0 spiro atoms. The van der Waals surface area contributed by atoms with Crippen LogP contribution in [0.1, 0.15) is 226 Å². The van der Waals surface area contributed by atoms with E-state index in [-0.39, 0.29) is 24.4 Å². The van der Waals surface area contributed by atoms with Crippen molar-refractivity contribution in [3.05, 3.63) is 0 Å². The van der Waals surface area contributed by atoms with Crippen LogP contribution >= 0.6 is 0 Å². The Hall–Kier alpha value is -0.830. The zero-order valence-corrected chi connectivity index (χ0v) is 33.5. The van der Waals surface area contributed by atoms with Crippen molar-refractivity contribution in [3.8, 4) is 0 Å². The molecule has 7 nitrogen and oxygen atoms in total. The van der Waals surface area contributed by atoms with Crippen molar-refractivity contribution in [2.75, 3.05) is 13.7 Å². The van der Waals surface area contributed by atoms with Gasteiger partial charge in [0.2, 0.25) is 0 Å². The second-order valence-corrected chi connectivity index (χ2v) is 16.2. The minimum absolute atomic E-state index is 0.188. The Kier molecular flexibility index (Phi) is 32.5. The standard InChI is InChI=1S/C41H80O7S/c1-5-7-9-11-13-15-17-19-21-23-25-27-29-31-33-35-38(42)41(3,40(44)37-48-49(45,46)47-4)39(43)36-34-32-30-28-26-24-22-20-18-16-14-12-10-8-6-2/h40,44H,5-37H2,1-4H3. The Bertz CT molecular complexity index is 827. The number of Topliss-reactive ketones (excluding diaryl/α,β-unsaturated/α-hetero) is 2. The van der Waals surface area contributed by atoms with E-state index in [9.17, 15) is 23.1 Å². The third kappa shape index (κ3) is 26.6. The predicted molar refractivity (Wildman–Crippen MR) is 205 cm³/mol. The van der Waals surface area contributed by atoms with Crippen LogP contribution in [0.15, 0.2) is 0 Å². The van der Waals surface area contributed by atoms with Crippen molar-refractivity contribution >= 4 is 22.0 Å². The average Bonchev–Trinajstić information content (AvgIpc) is 3.09. The van der Waals surface area contributed by atoms with Crippen LogP contribution in [0, 0.1) is 5.41 Å². The van der Waals surface area contributed by atoms with Gasteiger partial charge < -0.3 is 5.11 Å². The van der Waals surface area contributed by atoms with E-state index in [1.54, 1.807) is 0 Å². The van der Waals surface area contributed by atoms with Gasteiger partial charge in [-0.25, -0.2) is 4.18 Å². The highest BCUT2D eigenvalue weighted by Gasteiger charge is 2.46. The fraction of sp³-hybridized carbons (Fsp3) is 0.951. The van der Waals surface area contributed by atoms with Crippen LogP contribution in [0.5, 0.6) is 0 Å². The summed E-state index contributed by atoms with van der Waals surface area (Å²) in [5, 5.41) is 10.9. The molecule has 0 aliphatic rings. The van der Waals surface area contributed by atoms with Crippen LogP contribution < -0.4 is 0 Å². The summed E-state index contributed by atoms with van der Waals surface area (Å²) in [5.41, 5.74) is -1.70. The van der Waals surface area contributed by atoms with Gasteiger partial charge in [-0.05, 0) is 19.8 Å². The van der Waals surface area contributed by atoms with Crippen LogP contribution in [0.25, 0.3) is 0 Å². The first-order valence-electron chi connectivity index (χ1n) is 20.8. The quantitative estimate of drug-likeness (QED) is 0.0498. The Morgan fingerprint density at radius 2 is 0.755 bits per heavy atom. The van der Waals surface area contributed by atoms with E-state index in [0.717, 1.165) is 45.6 Å². The second kappa shape index (κ2) is 33.0. The molecule has 1 atom stereocenters. The highest BCUT2D eigenvalue weighted by atomic mass is 32.3. The molecule has 8 heteroatoms. The van der Waals surface area contributed by atoms with Crippen LogP contribution in [-0.2, 0) is 28.4 Å². The van der Waals surface area contributed by atoms with E-state index in [2.05, 4.69) is 18.0 Å². The van der Waals surface area contributed by atoms with Crippen LogP contribution in [-0.4, -0.2) is 44.9 Å². The molecule has 0 bridgehead atoms. The molecule has 292 valence electrons. The molecule has 0 fully saturated rings. The summed E-state index contributed by atoms with van der Waals surface area (Å²) in [6.07, 6.45) is 35.5. The first-order chi connectivity index (χ1) is 23.7. The number of ketones is 2. The lowest BCUT2D eigenvalue weighted by Crippen LogP contribution is -2.49. The lowest BCUT2D eigenvalue weighted by atomic mass is 9.73. The average molecular weight is 717 g/mol. The van der Waals surface area contributed by atoms with Gasteiger partial charge in [-0.1, -0.05) is 194 Å². The maximum Gasteiger partial charge on any atom is 0.399 e. The summed E-state index contributed by atoms with van der Waals surface area (Å²) in [6.45, 7) is 5.28. The molecule has 0 amide bonds. The monoisotopic (exact) mass is 717 g/mol. The highest BCUT2D eigenvalue weighted by Crippen LogP contribution is 2.31. The zero-order chi connectivity index (χ0) is 36.5. The summed E-state index contributed by atoms with van der Waals surface area (Å²) < 4.78 is 32.5. The first-order valence-corrected chi connectivity index (χ1v) is 22.2. The molecule has 0 aliphatic heterocycles. The Morgan fingerprint density at radius 3 is 1.00 bits per heavy atom. The Balaban J connectivity index is 4.38. The lowest BCUT2D eigenvalue weighted by molar-refractivity contribution is -0.149. The lowest BCUT2D eigenvalue weighted by Gasteiger charge is -2.31. The van der Waals surface area contributed by atoms with Crippen molar-refractivity contribution in [3.63, 3.8) is 0 Å². The van der Waals surface area contributed by atoms with Gasteiger partial charge in [-0.3, -0.25) is 13.8 Å². The number of aliphatic hydroxyl groups excluding tert-OH is 1. The topological polar surface area (TPSA) is 107 Å². The zero-order valence-electron chi connectivity index (χ0n) is 32.7. The minimum Gasteiger partial charge on any atom is -0.389 e. The van der Waals surface area contributed by atoms with E-state index >= 15 is 0 Å². The van der Waals surface area contributed by atoms with Gasteiger partial charge in [0.15, 0.2) is 0 Å². The van der Waals surface area contributed by atoms with Crippen LogP contribution in [0.2, 0.25) is 0 Å². The largest absolute Gasteiger partial charge is 0.399 e. The van der Waals surface area contributed by atoms with Crippen molar-refractivity contribution in [1.82, 2.24) is 0 Å². The predicted octanol–water partition coefficient (Wildman–Crippen LogP) is 11.9. The number of hydrogen-bond acceptors (Lipinski definition) is 7. The number of carbonyl (C=O) groups excluding carboxylic acids is 2. The molecule has 0 rings (SSSR count). The first kappa shape index (κ1) is 48.2. The van der Waals surface area contributed by atoms with Crippen molar-refractivity contribution in [2.45, 2.75) is 232 Å². The summed E-state index contributed by atoms with van der Waals surface area (Å²) >= 11 is 0. The van der Waals surface area contributed by atoms with E-state index in [1.807, 2.05) is 0 Å². The van der Waals surface area contributed by atoms with E-state index in [4.69, 9.17) is 4.18 Å². The smallest absolute Gasteiger partial charge is 0.389 e.